The number of thioether (sulfide) groups is 1. The van der Waals surface area contributed by atoms with Crippen LogP contribution in [0.3, 0.4) is 0 Å². The molecule has 5 aromatic rings. The van der Waals surface area contributed by atoms with Crippen molar-refractivity contribution in [2.45, 2.75) is 37.0 Å². The van der Waals surface area contributed by atoms with E-state index in [1.54, 1.807) is 11.8 Å². The number of nitrogens with zero attached hydrogens (tertiary/aromatic N) is 1. The molecule has 5 aromatic carbocycles. The van der Waals surface area contributed by atoms with Gasteiger partial charge in [0.15, 0.2) is 5.78 Å². The van der Waals surface area contributed by atoms with Gasteiger partial charge in [0.05, 0.1) is 11.6 Å². The normalized spacial score (nSPS) is 15.1. The summed E-state index contributed by atoms with van der Waals surface area (Å²) in [6.45, 7) is 1.92. The fourth-order valence-corrected chi connectivity index (χ4v) is 7.19. The fourth-order valence-electron chi connectivity index (χ4n) is 6.49. The van der Waals surface area contributed by atoms with E-state index in [0.29, 0.717) is 16.8 Å². The van der Waals surface area contributed by atoms with E-state index in [9.17, 15) is 9.59 Å². The largest absolute Gasteiger partial charge is 0.322 e. The van der Waals surface area contributed by atoms with Crippen molar-refractivity contribution >= 4 is 53.2 Å². The van der Waals surface area contributed by atoms with Crippen LogP contribution in [0.15, 0.2) is 131 Å². The molecule has 1 atom stereocenters. The zero-order valence-electron chi connectivity index (χ0n) is 26.1. The number of ketones is 1. The van der Waals surface area contributed by atoms with Crippen LogP contribution in [0.2, 0.25) is 0 Å². The van der Waals surface area contributed by atoms with E-state index in [-0.39, 0.29) is 17.6 Å². The second-order valence-corrected chi connectivity index (χ2v) is 12.8. The number of benzene rings is 5. The molecular weight excluding hydrogens is 597 g/mol. The summed E-state index contributed by atoms with van der Waals surface area (Å²) in [6, 6.07) is 35.6. The summed E-state index contributed by atoms with van der Waals surface area (Å²) in [5, 5.41) is 9.72. The third kappa shape index (κ3) is 6.40. The van der Waals surface area contributed by atoms with Crippen LogP contribution in [-0.2, 0) is 6.42 Å². The Balaban J connectivity index is 0.000000269. The molecule has 0 fully saturated rings. The van der Waals surface area contributed by atoms with Gasteiger partial charge < -0.3 is 5.32 Å². The van der Waals surface area contributed by atoms with Crippen molar-refractivity contribution in [2.75, 3.05) is 5.32 Å². The van der Waals surface area contributed by atoms with Crippen LogP contribution in [0.5, 0.6) is 0 Å². The van der Waals surface area contributed by atoms with Gasteiger partial charge in [-0.3, -0.25) is 14.6 Å². The molecule has 4 nitrogen and oxygen atoms in total. The zero-order chi connectivity index (χ0) is 32.2. The average molecular weight is 631 g/mol. The van der Waals surface area contributed by atoms with Gasteiger partial charge >= 0.3 is 0 Å². The fraction of sp³-hybridized carbons (Fsp3) is 0.119. The van der Waals surface area contributed by atoms with Crippen molar-refractivity contribution in [3.8, 4) is 0 Å². The lowest BCUT2D eigenvalue weighted by molar-refractivity contribution is 0.0979. The van der Waals surface area contributed by atoms with Gasteiger partial charge in [0.1, 0.15) is 0 Å². The molecule has 47 heavy (non-hydrogen) atoms. The molecule has 3 aliphatic rings. The van der Waals surface area contributed by atoms with Crippen LogP contribution in [0, 0.1) is 17.4 Å². The molecule has 1 amide bonds. The van der Waals surface area contributed by atoms with Crippen molar-refractivity contribution in [1.29, 1.82) is 0 Å². The molecule has 8 rings (SSSR count). The number of hydrogen-bond acceptors (Lipinski definition) is 4. The predicted octanol–water partition coefficient (Wildman–Crippen LogP) is 8.42. The van der Waals surface area contributed by atoms with E-state index in [2.05, 4.69) is 58.9 Å². The Kier molecular flexibility index (Phi) is 8.81. The number of carbonyl (C=O) groups excluding carboxylic acids is 2. The second-order valence-electron chi connectivity index (χ2n) is 11.8. The maximum atomic E-state index is 13.9. The monoisotopic (exact) mass is 630 g/mol. The summed E-state index contributed by atoms with van der Waals surface area (Å²) in [5.41, 5.74) is 6.41. The molecule has 1 N–H and O–H groups in total. The molecule has 0 spiro atoms. The minimum atomic E-state index is -0.330. The first-order valence-electron chi connectivity index (χ1n) is 16.0. The van der Waals surface area contributed by atoms with Gasteiger partial charge in [0.25, 0.3) is 5.91 Å². The number of anilines is 1. The van der Waals surface area contributed by atoms with E-state index in [1.807, 2.05) is 97.4 Å². The third-order valence-corrected chi connectivity index (χ3v) is 9.73. The molecule has 5 heteroatoms. The first kappa shape index (κ1) is 30.4. The first-order chi connectivity index (χ1) is 23.1. The molecule has 0 saturated heterocycles. The van der Waals surface area contributed by atoms with E-state index in [0.717, 1.165) is 41.3 Å². The van der Waals surface area contributed by atoms with Crippen LogP contribution < -0.4 is 15.8 Å². The first-order valence-corrected chi connectivity index (χ1v) is 16.8. The molecular formula is C42H34N2O2S. The van der Waals surface area contributed by atoms with Gasteiger partial charge in [-0.15, -0.1) is 0 Å². The van der Waals surface area contributed by atoms with Gasteiger partial charge in [-0.05, 0) is 118 Å². The number of carbonyl (C=O) groups is 2. The van der Waals surface area contributed by atoms with Crippen molar-refractivity contribution < 1.29 is 9.59 Å². The Morgan fingerprint density at radius 1 is 0.809 bits per heavy atom. The lowest BCUT2D eigenvalue weighted by Gasteiger charge is -2.23. The Labute approximate surface area is 278 Å². The number of hydrogen-bond donors (Lipinski definition) is 1. The molecule has 1 aliphatic heterocycles. The summed E-state index contributed by atoms with van der Waals surface area (Å²) in [5.74, 6) is -0.397. The van der Waals surface area contributed by atoms with E-state index >= 15 is 0 Å². The molecule has 230 valence electrons. The van der Waals surface area contributed by atoms with Crippen molar-refractivity contribution in [3.05, 3.63) is 169 Å². The maximum Gasteiger partial charge on any atom is 0.255 e. The Morgan fingerprint density at radius 2 is 1.60 bits per heavy atom. The third-order valence-electron chi connectivity index (χ3n) is 8.83. The van der Waals surface area contributed by atoms with Gasteiger partial charge in [0, 0.05) is 27.9 Å². The highest BCUT2D eigenvalue weighted by Gasteiger charge is 2.26. The van der Waals surface area contributed by atoms with E-state index in [4.69, 9.17) is 0 Å². The van der Waals surface area contributed by atoms with E-state index in [1.165, 1.54) is 26.1 Å². The Hall–Kier alpha value is -5.26. The van der Waals surface area contributed by atoms with Gasteiger partial charge in [0.2, 0.25) is 0 Å². The van der Waals surface area contributed by atoms with Crippen molar-refractivity contribution in [2.24, 2.45) is 4.99 Å². The van der Waals surface area contributed by atoms with Crippen molar-refractivity contribution in [3.63, 3.8) is 0 Å². The summed E-state index contributed by atoms with van der Waals surface area (Å²) >= 11 is 1.70. The highest BCUT2D eigenvalue weighted by atomic mass is 32.2. The minimum Gasteiger partial charge on any atom is -0.322 e. The maximum absolute atomic E-state index is 13.9. The number of para-hydroxylation sites is 1. The molecule has 0 saturated carbocycles. The molecule has 1 unspecified atom stereocenters. The molecule has 0 aromatic heterocycles. The van der Waals surface area contributed by atoms with Crippen LogP contribution >= 0.6 is 11.8 Å². The summed E-state index contributed by atoms with van der Waals surface area (Å²) in [6.07, 6.45) is 11.4. The second kappa shape index (κ2) is 13.6. The highest BCUT2D eigenvalue weighted by molar-refractivity contribution is 8.02. The number of allylic oxidation sites excluding steroid dienone is 1. The van der Waals surface area contributed by atoms with Crippen LogP contribution in [0.25, 0.3) is 12.2 Å². The Bertz CT molecular complexity index is 2290. The summed E-state index contributed by atoms with van der Waals surface area (Å²) < 4.78 is 0. The van der Waals surface area contributed by atoms with Crippen molar-refractivity contribution in [1.82, 2.24) is 0 Å². The number of amides is 1. The Morgan fingerprint density at radius 3 is 2.47 bits per heavy atom. The quantitative estimate of drug-likeness (QED) is 0.203. The predicted molar refractivity (Wildman–Crippen MR) is 194 cm³/mol. The topological polar surface area (TPSA) is 58.5 Å². The number of rotatable bonds is 4. The van der Waals surface area contributed by atoms with Gasteiger partial charge in [-0.25, -0.2) is 0 Å². The number of nitrogens with one attached hydrogen (secondary N) is 1. The lowest BCUT2D eigenvalue weighted by Crippen LogP contribution is -2.25. The van der Waals surface area contributed by atoms with Gasteiger partial charge in [-0.1, -0.05) is 90.6 Å². The van der Waals surface area contributed by atoms with Crippen LogP contribution in [-0.4, -0.2) is 17.9 Å². The van der Waals surface area contributed by atoms with E-state index < -0.39 is 0 Å². The average Bonchev–Trinajstić information content (AvgIpc) is 3.37. The number of Topliss-reactive ketones (excluding diaryl/α,β-unsaturated/α-hetero) is 1. The molecule has 1 heterocycles. The summed E-state index contributed by atoms with van der Waals surface area (Å²) in [7, 11) is 0. The smallest absolute Gasteiger partial charge is 0.255 e. The summed E-state index contributed by atoms with van der Waals surface area (Å²) in [4.78, 5) is 32.1. The number of aliphatic imine (C=N–C) groups is 1. The molecule has 0 radical (unpaired) electrons. The van der Waals surface area contributed by atoms with Crippen LogP contribution in [0.4, 0.5) is 11.4 Å². The zero-order valence-corrected chi connectivity index (χ0v) is 27.0. The number of aryl methyl sites for hydroxylation is 1. The SMILES string of the molecule is C1=CSc2ccccc2N=C1.Cc1ccccc1C(=O)Nc1ccc(C(=O)C2C=c3ccccc3=c3ccc4c(c32)CCCC=4)cc1. The minimum absolute atomic E-state index is 0.0847. The highest BCUT2D eigenvalue weighted by Crippen LogP contribution is 2.32. The molecule has 2 aliphatic carbocycles. The van der Waals surface area contributed by atoms with Gasteiger partial charge in [-0.2, -0.15) is 0 Å². The van der Waals surface area contributed by atoms with Crippen LogP contribution in [0.1, 0.15) is 56.2 Å². The molecule has 0 bridgehead atoms. The standard InChI is InChI=1S/C33H27NO2.C9H7NS/c1-21-8-2-5-11-26(21)33(36)34-25-17-14-23(15-18-25)32(35)30-20-24-10-4-6-12-27(24)29-19-16-22-9-3-7-13-28(22)31(29)30;1-2-5-9-8(4-1)10-6-3-7-11-9/h2,4-6,8-12,14-20,30H,3,7,13H2,1H3,(H,34,36);1-7H. The number of fused-ring (bicyclic) bond motifs is 5. The lowest BCUT2D eigenvalue weighted by atomic mass is 9.80.